The summed E-state index contributed by atoms with van der Waals surface area (Å²) in [5.41, 5.74) is 0.589. The van der Waals surface area contributed by atoms with Gasteiger partial charge in [-0.05, 0) is 0 Å². The summed E-state index contributed by atoms with van der Waals surface area (Å²) in [6.45, 7) is 7.94. The first-order chi connectivity index (χ1) is 6.43. The molecule has 0 bridgehead atoms. The van der Waals surface area contributed by atoms with Crippen LogP contribution in [-0.4, -0.2) is 15.3 Å². The number of hydrogen-bond donors (Lipinski definition) is 0. The van der Waals surface area contributed by atoms with Crippen molar-refractivity contribution < 1.29 is 4.79 Å². The average Bonchev–Trinajstić information content (AvgIpc) is 2.45. The van der Waals surface area contributed by atoms with E-state index in [4.69, 9.17) is 0 Å². The van der Waals surface area contributed by atoms with Crippen LogP contribution in [0.4, 0.5) is 0 Å². The van der Waals surface area contributed by atoms with Gasteiger partial charge in [-0.25, -0.2) is 4.98 Å². The molecule has 0 aromatic carbocycles. The molecular weight excluding hydrogens is 176 g/mol. The second kappa shape index (κ2) is 3.95. The standard InChI is InChI=1S/C11H18N2O/c1-7(2)10(14)9-6-13(5)11(12-9)8(3)4/h6-8H,1-5H3. The smallest absolute Gasteiger partial charge is 0.185 e. The van der Waals surface area contributed by atoms with E-state index in [9.17, 15) is 4.79 Å². The Morgan fingerprint density at radius 2 is 1.93 bits per heavy atom. The number of nitrogens with zero attached hydrogens (tertiary/aromatic N) is 2. The molecule has 78 valence electrons. The highest BCUT2D eigenvalue weighted by molar-refractivity contribution is 5.95. The van der Waals surface area contributed by atoms with Gasteiger partial charge in [0.05, 0.1) is 0 Å². The number of Topliss-reactive ketones (excluding diaryl/α,β-unsaturated/α-hetero) is 1. The van der Waals surface area contributed by atoms with E-state index >= 15 is 0 Å². The van der Waals surface area contributed by atoms with Crippen LogP contribution < -0.4 is 0 Å². The molecule has 0 N–H and O–H groups in total. The molecule has 1 aromatic heterocycles. The second-order valence-electron chi connectivity index (χ2n) is 4.27. The van der Waals surface area contributed by atoms with E-state index < -0.39 is 0 Å². The average molecular weight is 194 g/mol. The van der Waals surface area contributed by atoms with Gasteiger partial charge in [0.25, 0.3) is 0 Å². The fraction of sp³-hybridized carbons (Fsp3) is 0.636. The molecule has 0 aliphatic rings. The molecule has 0 aliphatic heterocycles. The molecule has 1 rings (SSSR count). The van der Waals surface area contributed by atoms with Crippen molar-refractivity contribution >= 4 is 5.78 Å². The van der Waals surface area contributed by atoms with Crippen LogP contribution in [0.25, 0.3) is 0 Å². The monoisotopic (exact) mass is 194 g/mol. The fourth-order valence-electron chi connectivity index (χ4n) is 1.43. The third kappa shape index (κ3) is 2.03. The highest BCUT2D eigenvalue weighted by atomic mass is 16.1. The maximum absolute atomic E-state index is 11.7. The lowest BCUT2D eigenvalue weighted by Crippen LogP contribution is -2.07. The minimum absolute atomic E-state index is 0.0184. The maximum Gasteiger partial charge on any atom is 0.185 e. The molecule has 1 heterocycles. The van der Waals surface area contributed by atoms with Crippen LogP contribution in [0.3, 0.4) is 0 Å². The van der Waals surface area contributed by atoms with Crippen LogP contribution in [0.5, 0.6) is 0 Å². The SMILES string of the molecule is CC(C)C(=O)c1cn(C)c(C(C)C)n1. The molecule has 0 radical (unpaired) electrons. The van der Waals surface area contributed by atoms with Gasteiger partial charge < -0.3 is 4.57 Å². The van der Waals surface area contributed by atoms with Crippen LogP contribution in [-0.2, 0) is 7.05 Å². The van der Waals surface area contributed by atoms with Crippen molar-refractivity contribution in [2.24, 2.45) is 13.0 Å². The summed E-state index contributed by atoms with van der Waals surface area (Å²) in [6, 6.07) is 0. The van der Waals surface area contributed by atoms with Gasteiger partial charge >= 0.3 is 0 Å². The van der Waals surface area contributed by atoms with E-state index in [0.717, 1.165) is 5.82 Å². The van der Waals surface area contributed by atoms with E-state index in [2.05, 4.69) is 18.8 Å². The topological polar surface area (TPSA) is 34.9 Å². The molecular formula is C11H18N2O. The zero-order valence-corrected chi connectivity index (χ0v) is 9.53. The van der Waals surface area contributed by atoms with Crippen LogP contribution in [0.15, 0.2) is 6.20 Å². The van der Waals surface area contributed by atoms with Crippen molar-refractivity contribution in [2.45, 2.75) is 33.6 Å². The maximum atomic E-state index is 11.7. The molecule has 0 amide bonds. The summed E-state index contributed by atoms with van der Waals surface area (Å²) < 4.78 is 1.93. The Morgan fingerprint density at radius 3 is 2.29 bits per heavy atom. The molecule has 1 aromatic rings. The number of aryl methyl sites for hydroxylation is 1. The van der Waals surface area contributed by atoms with Crippen LogP contribution in [0.1, 0.15) is 49.9 Å². The van der Waals surface area contributed by atoms with Crippen LogP contribution in [0, 0.1) is 5.92 Å². The second-order valence-corrected chi connectivity index (χ2v) is 4.27. The quantitative estimate of drug-likeness (QED) is 0.692. The van der Waals surface area contributed by atoms with E-state index in [1.165, 1.54) is 0 Å². The van der Waals surface area contributed by atoms with Gasteiger partial charge in [-0.1, -0.05) is 27.7 Å². The van der Waals surface area contributed by atoms with Crippen molar-refractivity contribution in [3.05, 3.63) is 17.7 Å². The van der Waals surface area contributed by atoms with Crippen LogP contribution >= 0.6 is 0 Å². The number of carbonyl (C=O) groups is 1. The highest BCUT2D eigenvalue weighted by Gasteiger charge is 2.16. The predicted octanol–water partition coefficient (Wildman–Crippen LogP) is 2.38. The molecule has 0 saturated carbocycles. The van der Waals surface area contributed by atoms with Gasteiger partial charge in [0, 0.05) is 25.1 Å². The molecule has 0 spiro atoms. The van der Waals surface area contributed by atoms with Gasteiger partial charge in [-0.2, -0.15) is 0 Å². The Bertz CT molecular complexity index is 337. The number of rotatable bonds is 3. The Hall–Kier alpha value is -1.12. The van der Waals surface area contributed by atoms with Gasteiger partial charge in [-0.3, -0.25) is 4.79 Å². The molecule has 0 fully saturated rings. The van der Waals surface area contributed by atoms with Gasteiger partial charge in [0.1, 0.15) is 11.5 Å². The summed E-state index contributed by atoms with van der Waals surface area (Å²) in [5, 5.41) is 0. The van der Waals surface area contributed by atoms with Gasteiger partial charge in [0.15, 0.2) is 5.78 Å². The van der Waals surface area contributed by atoms with Crippen molar-refractivity contribution in [3.8, 4) is 0 Å². The number of carbonyl (C=O) groups excluding carboxylic acids is 1. The Balaban J connectivity index is 3.02. The third-order valence-electron chi connectivity index (χ3n) is 2.21. The van der Waals surface area contributed by atoms with Crippen LogP contribution in [0.2, 0.25) is 0 Å². The lowest BCUT2D eigenvalue weighted by atomic mass is 10.1. The highest BCUT2D eigenvalue weighted by Crippen LogP contribution is 2.14. The first kappa shape index (κ1) is 11.0. The molecule has 3 nitrogen and oxygen atoms in total. The van der Waals surface area contributed by atoms with Crippen molar-refractivity contribution in [3.63, 3.8) is 0 Å². The van der Waals surface area contributed by atoms with Crippen molar-refractivity contribution in [1.29, 1.82) is 0 Å². The molecule has 3 heteroatoms. The Labute approximate surface area is 85.2 Å². The number of imidazole rings is 1. The predicted molar refractivity (Wildman–Crippen MR) is 56.5 cm³/mol. The molecule has 0 aliphatic carbocycles. The minimum atomic E-state index is 0.0184. The Kier molecular flexibility index (Phi) is 3.09. The molecule has 0 unspecified atom stereocenters. The van der Waals surface area contributed by atoms with Gasteiger partial charge in [0.2, 0.25) is 0 Å². The van der Waals surface area contributed by atoms with E-state index in [1.807, 2.05) is 31.7 Å². The first-order valence-electron chi connectivity index (χ1n) is 5.01. The summed E-state index contributed by atoms with van der Waals surface area (Å²) in [6.07, 6.45) is 1.82. The lowest BCUT2D eigenvalue weighted by molar-refractivity contribution is 0.0934. The summed E-state index contributed by atoms with van der Waals surface area (Å²) in [5.74, 6) is 1.46. The number of hydrogen-bond acceptors (Lipinski definition) is 2. The zero-order valence-electron chi connectivity index (χ0n) is 9.53. The summed E-state index contributed by atoms with van der Waals surface area (Å²) in [7, 11) is 1.93. The van der Waals surface area contributed by atoms with Crippen molar-refractivity contribution in [1.82, 2.24) is 9.55 Å². The number of aromatic nitrogens is 2. The first-order valence-corrected chi connectivity index (χ1v) is 5.01. The Morgan fingerprint density at radius 1 is 1.36 bits per heavy atom. The zero-order chi connectivity index (χ0) is 10.9. The van der Waals surface area contributed by atoms with Gasteiger partial charge in [-0.15, -0.1) is 0 Å². The molecule has 0 atom stereocenters. The van der Waals surface area contributed by atoms with Crippen molar-refractivity contribution in [2.75, 3.05) is 0 Å². The third-order valence-corrected chi connectivity index (χ3v) is 2.21. The minimum Gasteiger partial charge on any atom is -0.337 e. The largest absolute Gasteiger partial charge is 0.337 e. The molecule has 14 heavy (non-hydrogen) atoms. The molecule has 0 saturated heterocycles. The summed E-state index contributed by atoms with van der Waals surface area (Å²) in [4.78, 5) is 16.0. The van der Waals surface area contributed by atoms with E-state index in [1.54, 1.807) is 0 Å². The fourth-order valence-corrected chi connectivity index (χ4v) is 1.43. The number of ketones is 1. The summed E-state index contributed by atoms with van der Waals surface area (Å²) >= 11 is 0. The lowest BCUT2D eigenvalue weighted by Gasteiger charge is -2.02. The normalized spacial score (nSPS) is 11.4. The van der Waals surface area contributed by atoms with E-state index in [0.29, 0.717) is 11.6 Å². The van der Waals surface area contributed by atoms with E-state index in [-0.39, 0.29) is 11.7 Å².